The molecule has 7 nitrogen and oxygen atoms in total. The van der Waals surface area contributed by atoms with Gasteiger partial charge in [-0.05, 0) is 72.4 Å². The summed E-state index contributed by atoms with van der Waals surface area (Å²) in [6, 6.07) is 3.56. The number of carbonyl (C=O) groups excluding carboxylic acids is 2. The van der Waals surface area contributed by atoms with Crippen molar-refractivity contribution in [2.45, 2.75) is 76.2 Å². The van der Waals surface area contributed by atoms with Crippen molar-refractivity contribution in [1.82, 2.24) is 4.90 Å². The van der Waals surface area contributed by atoms with Crippen molar-refractivity contribution in [2.75, 3.05) is 7.11 Å². The first-order valence-corrected chi connectivity index (χ1v) is 13.2. The number of methoxy groups -OCH3 is 1. The zero-order valence-electron chi connectivity index (χ0n) is 19.1. The van der Waals surface area contributed by atoms with Gasteiger partial charge in [-0.25, -0.2) is 0 Å². The molecule has 0 radical (unpaired) electrons. The Balaban J connectivity index is 1.49. The number of halogens is 1. The van der Waals surface area contributed by atoms with Gasteiger partial charge in [-0.3, -0.25) is 14.5 Å². The fourth-order valence-corrected chi connectivity index (χ4v) is 7.44. The highest BCUT2D eigenvalue weighted by atomic mass is 127. The van der Waals surface area contributed by atoms with E-state index in [-0.39, 0.29) is 35.4 Å². The first-order chi connectivity index (χ1) is 15.8. The summed E-state index contributed by atoms with van der Waals surface area (Å²) in [4.78, 5) is 28.7. The van der Waals surface area contributed by atoms with Crippen molar-refractivity contribution >= 4 is 34.4 Å². The highest BCUT2D eigenvalue weighted by Crippen LogP contribution is 2.59. The van der Waals surface area contributed by atoms with E-state index in [1.165, 1.54) is 7.11 Å². The summed E-state index contributed by atoms with van der Waals surface area (Å²) in [5, 5.41) is 22.0. The largest absolute Gasteiger partial charge is 0.504 e. The average Bonchev–Trinajstić information content (AvgIpc) is 3.29. The van der Waals surface area contributed by atoms with Crippen LogP contribution in [0.25, 0.3) is 0 Å². The van der Waals surface area contributed by atoms with E-state index in [0.29, 0.717) is 28.6 Å². The molecule has 1 aromatic rings. The summed E-state index contributed by atoms with van der Waals surface area (Å²) in [5.74, 6) is -2.73. The van der Waals surface area contributed by atoms with E-state index in [9.17, 15) is 19.8 Å². The Labute approximate surface area is 208 Å². The van der Waals surface area contributed by atoms with E-state index in [1.54, 1.807) is 11.0 Å². The van der Waals surface area contributed by atoms with Crippen LogP contribution in [0.4, 0.5) is 0 Å². The first-order valence-electron chi connectivity index (χ1n) is 12.1. The smallest absolute Gasteiger partial charge is 0.233 e. The molecule has 4 aliphatic rings. The van der Waals surface area contributed by atoms with E-state index >= 15 is 0 Å². The Morgan fingerprint density at radius 2 is 1.91 bits per heavy atom. The van der Waals surface area contributed by atoms with Gasteiger partial charge in [0.25, 0.3) is 0 Å². The van der Waals surface area contributed by atoms with Gasteiger partial charge in [-0.1, -0.05) is 26.2 Å². The standard InChI is InChI=1S/C25H32INO6/c1-3-14-11-16-21(24(30)27(23(16)29)15-7-5-4-6-8-15)17-12-19(33-25(14,17)31)13-9-18(26)22(28)20(10-13)32-2/h9-10,14-17,19,21,28,31H,3-8,11-12H2,1-2H3/t14-,16-,17-,19-,21-,25+/m0/s1. The number of phenols is 1. The molecular weight excluding hydrogens is 537 g/mol. The zero-order chi connectivity index (χ0) is 23.5. The van der Waals surface area contributed by atoms with Gasteiger partial charge in [-0.2, -0.15) is 0 Å². The third-order valence-corrected chi connectivity index (χ3v) is 9.30. The molecule has 1 aromatic carbocycles. The van der Waals surface area contributed by atoms with Crippen molar-refractivity contribution in [3.05, 3.63) is 21.3 Å². The van der Waals surface area contributed by atoms with Crippen molar-refractivity contribution in [1.29, 1.82) is 0 Å². The maximum Gasteiger partial charge on any atom is 0.233 e. The number of ether oxygens (including phenoxy) is 2. The first kappa shape index (κ1) is 23.4. The number of hydrogen-bond acceptors (Lipinski definition) is 6. The lowest BCUT2D eigenvalue weighted by Gasteiger charge is -2.44. The van der Waals surface area contributed by atoms with Gasteiger partial charge in [0, 0.05) is 17.9 Å². The minimum Gasteiger partial charge on any atom is -0.504 e. The Morgan fingerprint density at radius 1 is 1.18 bits per heavy atom. The van der Waals surface area contributed by atoms with Gasteiger partial charge in [-0.15, -0.1) is 0 Å². The highest BCUT2D eigenvalue weighted by Gasteiger charge is 2.66. The van der Waals surface area contributed by atoms with E-state index in [4.69, 9.17) is 9.47 Å². The topological polar surface area (TPSA) is 96.3 Å². The summed E-state index contributed by atoms with van der Waals surface area (Å²) >= 11 is 2.05. The lowest BCUT2D eigenvalue weighted by atomic mass is 9.64. The Bertz CT molecular complexity index is 962. The number of aromatic hydroxyl groups is 1. The summed E-state index contributed by atoms with van der Waals surface area (Å²) in [7, 11) is 1.50. The number of imide groups is 1. The molecule has 2 aliphatic carbocycles. The molecule has 8 heteroatoms. The summed E-state index contributed by atoms with van der Waals surface area (Å²) in [6.45, 7) is 2.00. The van der Waals surface area contributed by atoms with Crippen LogP contribution >= 0.6 is 22.6 Å². The molecule has 33 heavy (non-hydrogen) atoms. The van der Waals surface area contributed by atoms with Crippen LogP contribution in [0.3, 0.4) is 0 Å². The van der Waals surface area contributed by atoms with Gasteiger partial charge in [0.15, 0.2) is 17.3 Å². The third-order valence-electron chi connectivity index (χ3n) is 8.47. The second kappa shape index (κ2) is 8.68. The molecule has 0 unspecified atom stereocenters. The highest BCUT2D eigenvalue weighted by molar-refractivity contribution is 14.1. The van der Waals surface area contributed by atoms with Gasteiger partial charge in [0.1, 0.15) is 0 Å². The van der Waals surface area contributed by atoms with Crippen LogP contribution in [0.5, 0.6) is 11.5 Å². The molecule has 2 aliphatic heterocycles. The second-order valence-corrected chi connectivity index (χ2v) is 11.2. The maximum absolute atomic E-state index is 13.7. The number of rotatable bonds is 4. The van der Waals surface area contributed by atoms with Crippen LogP contribution in [0, 0.1) is 27.2 Å². The van der Waals surface area contributed by atoms with Crippen LogP contribution in [0.2, 0.25) is 0 Å². The minimum absolute atomic E-state index is 0.00132. The lowest BCUT2D eigenvalue weighted by Crippen LogP contribution is -2.53. The molecule has 2 saturated carbocycles. The fraction of sp³-hybridized carbons (Fsp3) is 0.680. The number of benzene rings is 1. The van der Waals surface area contributed by atoms with Gasteiger partial charge < -0.3 is 19.7 Å². The molecule has 6 atom stereocenters. The fourth-order valence-electron chi connectivity index (χ4n) is 6.81. The van der Waals surface area contributed by atoms with Crippen LogP contribution < -0.4 is 4.74 Å². The lowest BCUT2D eigenvalue weighted by molar-refractivity contribution is -0.269. The van der Waals surface area contributed by atoms with E-state index < -0.39 is 23.7 Å². The summed E-state index contributed by atoms with van der Waals surface area (Å²) < 4.78 is 12.3. The quantitative estimate of drug-likeness (QED) is 0.418. The van der Waals surface area contributed by atoms with Crippen LogP contribution in [0.1, 0.15) is 70.0 Å². The number of phenolic OH excluding ortho intramolecular Hbond substituents is 1. The predicted octanol–water partition coefficient (Wildman–Crippen LogP) is 4.14. The Kier molecular flexibility index (Phi) is 6.14. The Hall–Kier alpha value is -1.39. The van der Waals surface area contributed by atoms with E-state index in [1.807, 2.05) is 35.6 Å². The summed E-state index contributed by atoms with van der Waals surface area (Å²) in [5.41, 5.74) is 0.796. The number of aliphatic hydroxyl groups is 1. The number of nitrogens with zero attached hydrogens (tertiary/aromatic N) is 1. The SMILES string of the molecule is CC[C@H]1C[C@@H]2C(=O)N(C3CCCCC3)C(=O)[C@@H]2[C@@H]2C[C@@H](c3cc(I)c(O)c(OC)c3)O[C@]12O. The average molecular weight is 569 g/mol. The van der Waals surface area contributed by atoms with Gasteiger partial charge in [0.05, 0.1) is 28.6 Å². The molecule has 4 fully saturated rings. The minimum atomic E-state index is -1.45. The van der Waals surface area contributed by atoms with E-state index in [0.717, 1.165) is 37.7 Å². The van der Waals surface area contributed by atoms with Crippen molar-refractivity contribution in [3.8, 4) is 11.5 Å². The van der Waals surface area contributed by atoms with Crippen molar-refractivity contribution in [3.63, 3.8) is 0 Å². The zero-order valence-corrected chi connectivity index (χ0v) is 21.3. The maximum atomic E-state index is 13.7. The third kappa shape index (κ3) is 3.58. The molecule has 180 valence electrons. The predicted molar refractivity (Wildman–Crippen MR) is 128 cm³/mol. The number of carbonyl (C=O) groups is 2. The number of fused-ring (bicyclic) bond motifs is 3. The molecule has 2 saturated heterocycles. The molecule has 2 N–H and O–H groups in total. The molecule has 0 spiro atoms. The van der Waals surface area contributed by atoms with Gasteiger partial charge >= 0.3 is 0 Å². The van der Waals surface area contributed by atoms with Crippen LogP contribution in [-0.4, -0.2) is 45.9 Å². The van der Waals surface area contributed by atoms with Crippen LogP contribution in [0.15, 0.2) is 12.1 Å². The Morgan fingerprint density at radius 3 is 2.58 bits per heavy atom. The van der Waals surface area contributed by atoms with Gasteiger partial charge in [0.2, 0.25) is 11.8 Å². The monoisotopic (exact) mass is 569 g/mol. The summed E-state index contributed by atoms with van der Waals surface area (Å²) in [6.07, 6.45) is 6.18. The molecule has 2 heterocycles. The second-order valence-electron chi connectivity index (χ2n) is 10.1. The number of amides is 2. The molecule has 5 rings (SSSR count). The van der Waals surface area contributed by atoms with Crippen molar-refractivity contribution in [2.24, 2.45) is 23.7 Å². The normalized spacial score (nSPS) is 36.7. The van der Waals surface area contributed by atoms with Crippen LogP contribution in [-0.2, 0) is 14.3 Å². The number of likely N-dealkylation sites (tertiary alicyclic amines) is 1. The molecule has 2 amide bonds. The molecule has 0 bridgehead atoms. The molecular formula is C25H32INO6. The van der Waals surface area contributed by atoms with Crippen molar-refractivity contribution < 1.29 is 29.3 Å². The number of hydrogen-bond donors (Lipinski definition) is 2. The molecule has 0 aromatic heterocycles. The van der Waals surface area contributed by atoms with E-state index in [2.05, 4.69) is 0 Å².